The zero-order valence-corrected chi connectivity index (χ0v) is 23.1. The molecule has 4 rings (SSSR count). The summed E-state index contributed by atoms with van der Waals surface area (Å²) in [6, 6.07) is 23.6. The molecular formula is C30H32BrFN2O2S. The number of thioether (sulfide) groups is 1. The maximum absolute atomic E-state index is 13.7. The summed E-state index contributed by atoms with van der Waals surface area (Å²) in [5.41, 5.74) is 2.93. The molecule has 0 saturated heterocycles. The molecule has 1 atom stereocenters. The molecule has 0 heterocycles. The number of amides is 2. The Labute approximate surface area is 231 Å². The first-order valence-electron chi connectivity index (χ1n) is 12.7. The predicted molar refractivity (Wildman–Crippen MR) is 152 cm³/mol. The van der Waals surface area contributed by atoms with E-state index in [2.05, 4.69) is 21.2 Å². The third-order valence-electron chi connectivity index (χ3n) is 6.62. The molecular weight excluding hydrogens is 551 g/mol. The SMILES string of the molecule is O=C(NC1CCCC1)[C@H](Cc1ccccc1)N(Cc1cccc(Br)c1)C(=O)CSCc1ccc(F)cc1. The van der Waals surface area contributed by atoms with Crippen molar-refractivity contribution in [2.24, 2.45) is 0 Å². The van der Waals surface area contributed by atoms with Gasteiger partial charge < -0.3 is 10.2 Å². The maximum Gasteiger partial charge on any atom is 0.243 e. The van der Waals surface area contributed by atoms with Crippen molar-refractivity contribution in [1.82, 2.24) is 10.2 Å². The van der Waals surface area contributed by atoms with Crippen LogP contribution in [-0.2, 0) is 28.3 Å². The third kappa shape index (κ3) is 8.44. The first-order valence-corrected chi connectivity index (χ1v) is 14.6. The number of hydrogen-bond acceptors (Lipinski definition) is 3. The van der Waals surface area contributed by atoms with Crippen LogP contribution in [0.3, 0.4) is 0 Å². The van der Waals surface area contributed by atoms with Crippen LogP contribution in [-0.4, -0.2) is 34.6 Å². The Morgan fingerprint density at radius 3 is 2.35 bits per heavy atom. The van der Waals surface area contributed by atoms with E-state index in [0.29, 0.717) is 18.7 Å². The number of hydrogen-bond donors (Lipinski definition) is 1. The summed E-state index contributed by atoms with van der Waals surface area (Å²) < 4.78 is 14.2. The van der Waals surface area contributed by atoms with Crippen molar-refractivity contribution >= 4 is 39.5 Å². The highest BCUT2D eigenvalue weighted by atomic mass is 79.9. The molecule has 1 aliphatic carbocycles. The molecule has 0 unspecified atom stereocenters. The standard InChI is InChI=1S/C30H32BrFN2O2S/c31-25-10-6-9-24(17-25)19-34(29(35)21-37-20-23-13-15-26(32)16-14-23)28(18-22-7-2-1-3-8-22)30(36)33-27-11-4-5-12-27/h1-3,6-10,13-17,27-28H,4-5,11-12,18-21H2,(H,33,36)/t28-/m0/s1. The molecule has 0 spiro atoms. The Balaban J connectivity index is 1.56. The lowest BCUT2D eigenvalue weighted by Gasteiger charge is -2.32. The molecule has 194 valence electrons. The highest BCUT2D eigenvalue weighted by Crippen LogP contribution is 2.22. The maximum atomic E-state index is 13.7. The van der Waals surface area contributed by atoms with Crippen molar-refractivity contribution in [3.05, 3.63) is 106 Å². The molecule has 1 aliphatic rings. The molecule has 3 aromatic carbocycles. The average Bonchev–Trinajstić information content (AvgIpc) is 3.41. The summed E-state index contributed by atoms with van der Waals surface area (Å²) in [5.74, 6) is 0.362. The van der Waals surface area contributed by atoms with E-state index in [0.717, 1.165) is 46.8 Å². The van der Waals surface area contributed by atoms with Crippen molar-refractivity contribution in [3.8, 4) is 0 Å². The lowest BCUT2D eigenvalue weighted by molar-refractivity contribution is -0.139. The molecule has 7 heteroatoms. The topological polar surface area (TPSA) is 49.4 Å². The number of rotatable bonds is 11. The summed E-state index contributed by atoms with van der Waals surface area (Å²) >= 11 is 5.00. The minimum absolute atomic E-state index is 0.0883. The lowest BCUT2D eigenvalue weighted by atomic mass is 10.0. The Morgan fingerprint density at radius 2 is 1.65 bits per heavy atom. The van der Waals surface area contributed by atoms with Crippen molar-refractivity contribution in [3.63, 3.8) is 0 Å². The molecule has 4 nitrogen and oxygen atoms in total. The lowest BCUT2D eigenvalue weighted by Crippen LogP contribution is -2.52. The number of carbonyl (C=O) groups excluding carboxylic acids is 2. The van der Waals surface area contributed by atoms with Crippen LogP contribution in [0.25, 0.3) is 0 Å². The van der Waals surface area contributed by atoms with E-state index in [1.165, 1.54) is 23.9 Å². The largest absolute Gasteiger partial charge is 0.352 e. The second-order valence-corrected chi connectivity index (χ2v) is 11.4. The molecule has 2 amide bonds. The van der Waals surface area contributed by atoms with Crippen molar-refractivity contribution in [2.45, 2.75) is 56.5 Å². The molecule has 37 heavy (non-hydrogen) atoms. The van der Waals surface area contributed by atoms with Crippen LogP contribution in [0, 0.1) is 5.82 Å². The average molecular weight is 584 g/mol. The second-order valence-electron chi connectivity index (χ2n) is 9.47. The molecule has 0 radical (unpaired) electrons. The van der Waals surface area contributed by atoms with Gasteiger partial charge in [-0.15, -0.1) is 11.8 Å². The van der Waals surface area contributed by atoms with Gasteiger partial charge in [-0.1, -0.05) is 83.4 Å². The molecule has 3 aromatic rings. The summed E-state index contributed by atoms with van der Waals surface area (Å²) in [4.78, 5) is 29.1. The van der Waals surface area contributed by atoms with Crippen LogP contribution in [0.2, 0.25) is 0 Å². The van der Waals surface area contributed by atoms with Gasteiger partial charge in [0, 0.05) is 29.2 Å². The molecule has 0 bridgehead atoms. The monoisotopic (exact) mass is 582 g/mol. The van der Waals surface area contributed by atoms with E-state index in [9.17, 15) is 14.0 Å². The van der Waals surface area contributed by atoms with Gasteiger partial charge in [0.2, 0.25) is 11.8 Å². The minimum atomic E-state index is -0.624. The highest BCUT2D eigenvalue weighted by molar-refractivity contribution is 9.10. The molecule has 0 aromatic heterocycles. The van der Waals surface area contributed by atoms with Gasteiger partial charge in [-0.2, -0.15) is 0 Å². The Morgan fingerprint density at radius 1 is 0.946 bits per heavy atom. The fourth-order valence-corrected chi connectivity index (χ4v) is 5.99. The van der Waals surface area contributed by atoms with Gasteiger partial charge in [-0.05, 0) is 53.8 Å². The summed E-state index contributed by atoms with van der Waals surface area (Å²) in [7, 11) is 0. The van der Waals surface area contributed by atoms with E-state index in [1.54, 1.807) is 17.0 Å². The quantitative estimate of drug-likeness (QED) is 0.280. The van der Waals surface area contributed by atoms with E-state index in [1.807, 2.05) is 54.6 Å². The summed E-state index contributed by atoms with van der Waals surface area (Å²) in [6.07, 6.45) is 4.65. The molecule has 0 aliphatic heterocycles. The fraction of sp³-hybridized carbons (Fsp3) is 0.333. The van der Waals surface area contributed by atoms with Crippen LogP contribution in [0.5, 0.6) is 0 Å². The van der Waals surface area contributed by atoms with Gasteiger partial charge in [-0.25, -0.2) is 4.39 Å². The second kappa shape index (κ2) is 13.8. The normalized spacial score (nSPS) is 14.3. The van der Waals surface area contributed by atoms with E-state index in [-0.39, 0.29) is 29.4 Å². The Kier molecular flexibility index (Phi) is 10.2. The number of nitrogens with zero attached hydrogens (tertiary/aromatic N) is 1. The van der Waals surface area contributed by atoms with Gasteiger partial charge in [-0.3, -0.25) is 9.59 Å². The molecule has 1 N–H and O–H groups in total. The van der Waals surface area contributed by atoms with Gasteiger partial charge in [0.1, 0.15) is 11.9 Å². The highest BCUT2D eigenvalue weighted by Gasteiger charge is 2.32. The first-order chi connectivity index (χ1) is 18.0. The predicted octanol–water partition coefficient (Wildman–Crippen LogP) is 6.52. The number of halogens is 2. The van der Waals surface area contributed by atoms with Gasteiger partial charge in [0.25, 0.3) is 0 Å². The van der Waals surface area contributed by atoms with Gasteiger partial charge in [0.15, 0.2) is 0 Å². The van der Waals surface area contributed by atoms with Crippen molar-refractivity contribution in [2.75, 3.05) is 5.75 Å². The first kappa shape index (κ1) is 27.4. The van der Waals surface area contributed by atoms with Gasteiger partial charge >= 0.3 is 0 Å². The van der Waals surface area contributed by atoms with Crippen molar-refractivity contribution in [1.29, 1.82) is 0 Å². The third-order valence-corrected chi connectivity index (χ3v) is 8.10. The van der Waals surface area contributed by atoms with Crippen LogP contribution in [0.4, 0.5) is 4.39 Å². The van der Waals surface area contributed by atoms with E-state index in [4.69, 9.17) is 0 Å². The van der Waals surface area contributed by atoms with Crippen molar-refractivity contribution < 1.29 is 14.0 Å². The number of carbonyl (C=O) groups is 2. The summed E-state index contributed by atoms with van der Waals surface area (Å²) in [6.45, 7) is 0.338. The smallest absolute Gasteiger partial charge is 0.243 e. The summed E-state index contributed by atoms with van der Waals surface area (Å²) in [5, 5.41) is 3.23. The van der Waals surface area contributed by atoms with Crippen LogP contribution in [0.1, 0.15) is 42.4 Å². The van der Waals surface area contributed by atoms with Crippen LogP contribution in [0.15, 0.2) is 83.3 Å². The zero-order chi connectivity index (χ0) is 26.0. The Hall–Kier alpha value is -2.64. The van der Waals surface area contributed by atoms with Crippen LogP contribution < -0.4 is 5.32 Å². The molecule has 1 saturated carbocycles. The zero-order valence-electron chi connectivity index (χ0n) is 20.7. The Bertz CT molecular complexity index is 1170. The molecule has 1 fully saturated rings. The van der Waals surface area contributed by atoms with E-state index >= 15 is 0 Å². The number of nitrogens with one attached hydrogen (secondary N) is 1. The fourth-order valence-electron chi connectivity index (χ4n) is 4.67. The van der Waals surface area contributed by atoms with Gasteiger partial charge in [0.05, 0.1) is 5.75 Å². The minimum Gasteiger partial charge on any atom is -0.352 e. The van der Waals surface area contributed by atoms with E-state index < -0.39 is 6.04 Å². The number of benzene rings is 3. The van der Waals surface area contributed by atoms with Crippen LogP contribution >= 0.6 is 27.7 Å².